The Labute approximate surface area is 211 Å². The van der Waals surface area contributed by atoms with E-state index in [4.69, 9.17) is 4.98 Å². The molecule has 1 aliphatic rings. The summed E-state index contributed by atoms with van der Waals surface area (Å²) in [5.74, 6) is 0.946. The molecule has 3 aromatic rings. The molecule has 4 rings (SSSR count). The van der Waals surface area contributed by atoms with Crippen LogP contribution in [0.3, 0.4) is 0 Å². The highest BCUT2D eigenvalue weighted by molar-refractivity contribution is 5.84. The van der Waals surface area contributed by atoms with Crippen molar-refractivity contribution in [3.8, 4) is 6.07 Å². The van der Waals surface area contributed by atoms with Gasteiger partial charge in [0, 0.05) is 50.4 Å². The van der Waals surface area contributed by atoms with Crippen LogP contribution < -0.4 is 10.6 Å². The van der Waals surface area contributed by atoms with Crippen LogP contribution in [0.15, 0.2) is 29.6 Å². The third-order valence-electron chi connectivity index (χ3n) is 7.33. The smallest absolute Gasteiger partial charge is 0.349 e. The van der Waals surface area contributed by atoms with Crippen LogP contribution in [0.25, 0.3) is 16.7 Å². The molecule has 0 spiro atoms. The Hall–Kier alpha value is -3.51. The van der Waals surface area contributed by atoms with Gasteiger partial charge < -0.3 is 9.47 Å². The molecule has 3 heterocycles. The zero-order valence-corrected chi connectivity index (χ0v) is 21.9. The Kier molecular flexibility index (Phi) is 7.01. The van der Waals surface area contributed by atoms with E-state index >= 15 is 0 Å². The molecule has 1 aliphatic heterocycles. The van der Waals surface area contributed by atoms with Gasteiger partial charge in [-0.1, -0.05) is 12.6 Å². The minimum Gasteiger partial charge on any atom is -0.349 e. The van der Waals surface area contributed by atoms with Crippen molar-refractivity contribution < 1.29 is 4.39 Å². The molecule has 190 valence electrons. The molecule has 0 aliphatic carbocycles. The summed E-state index contributed by atoms with van der Waals surface area (Å²) in [6.45, 7) is 16.1. The fraction of sp³-hybridized carbons (Fsp3) is 0.481. The van der Waals surface area contributed by atoms with E-state index in [1.54, 1.807) is 7.05 Å². The second kappa shape index (κ2) is 9.86. The number of rotatable bonds is 6. The first kappa shape index (κ1) is 25.6. The Balaban J connectivity index is 1.70. The van der Waals surface area contributed by atoms with Crippen LogP contribution >= 0.6 is 0 Å². The number of piperazine rings is 1. The zero-order chi connectivity index (χ0) is 26.3. The third-order valence-corrected chi connectivity index (χ3v) is 7.33. The third kappa shape index (κ3) is 4.30. The van der Waals surface area contributed by atoms with Crippen molar-refractivity contribution >= 4 is 22.6 Å². The summed E-state index contributed by atoms with van der Waals surface area (Å²) in [6.07, 6.45) is 0.164. The lowest BCUT2D eigenvalue weighted by molar-refractivity contribution is 0.119. The number of aromatic nitrogens is 4. The van der Waals surface area contributed by atoms with Crippen LogP contribution in [0.1, 0.15) is 57.6 Å². The average molecular weight is 492 g/mol. The maximum atomic E-state index is 14.3. The number of hydrogen-bond donors (Lipinski definition) is 0. The summed E-state index contributed by atoms with van der Waals surface area (Å²) in [6, 6.07) is 7.70. The number of fused-ring (bicyclic) bond motifs is 1. The number of imidazole rings is 1. The fourth-order valence-corrected chi connectivity index (χ4v) is 5.34. The highest BCUT2D eigenvalue weighted by Gasteiger charge is 2.35. The monoisotopic (exact) mass is 491 g/mol. The highest BCUT2D eigenvalue weighted by Crippen LogP contribution is 2.33. The molecule has 1 aromatic carbocycles. The molecule has 0 bridgehead atoms. The molecule has 1 saturated heterocycles. The van der Waals surface area contributed by atoms with Gasteiger partial charge in [0.2, 0.25) is 0 Å². The minimum absolute atomic E-state index is 0.0544. The lowest BCUT2D eigenvalue weighted by Gasteiger charge is -2.47. The Morgan fingerprint density at radius 3 is 2.64 bits per heavy atom. The van der Waals surface area contributed by atoms with Gasteiger partial charge in [-0.05, 0) is 57.9 Å². The number of aryl methyl sites for hydroxylation is 2. The van der Waals surface area contributed by atoms with E-state index in [1.165, 1.54) is 10.6 Å². The van der Waals surface area contributed by atoms with Gasteiger partial charge in [0.05, 0.1) is 12.5 Å². The largest absolute Gasteiger partial charge is 0.350 e. The summed E-state index contributed by atoms with van der Waals surface area (Å²) in [7, 11) is 1.69. The van der Waals surface area contributed by atoms with Crippen molar-refractivity contribution in [3.05, 3.63) is 58.0 Å². The van der Waals surface area contributed by atoms with Gasteiger partial charge in [0.1, 0.15) is 22.8 Å². The zero-order valence-electron chi connectivity index (χ0n) is 21.9. The van der Waals surface area contributed by atoms with Gasteiger partial charge in [0.25, 0.3) is 0 Å². The molecular weight excluding hydrogens is 457 g/mol. The van der Waals surface area contributed by atoms with Gasteiger partial charge in [-0.2, -0.15) is 10.2 Å². The molecule has 3 atom stereocenters. The quantitative estimate of drug-likeness (QED) is 0.517. The lowest BCUT2D eigenvalue weighted by Crippen LogP contribution is -2.57. The maximum absolute atomic E-state index is 14.3. The van der Waals surface area contributed by atoms with Crippen molar-refractivity contribution in [1.29, 1.82) is 5.26 Å². The van der Waals surface area contributed by atoms with Crippen molar-refractivity contribution in [3.63, 3.8) is 0 Å². The molecular formula is C27H34FN7O. The first-order chi connectivity index (χ1) is 17.1. The van der Waals surface area contributed by atoms with E-state index in [-0.39, 0.29) is 36.1 Å². The predicted octanol–water partition coefficient (Wildman–Crippen LogP) is 4.05. The van der Waals surface area contributed by atoms with Crippen molar-refractivity contribution in [1.82, 2.24) is 24.0 Å². The van der Waals surface area contributed by atoms with E-state index in [0.29, 0.717) is 47.0 Å². The van der Waals surface area contributed by atoms with Crippen molar-refractivity contribution in [2.75, 3.05) is 18.0 Å². The van der Waals surface area contributed by atoms with Gasteiger partial charge in [0.15, 0.2) is 5.82 Å². The average Bonchev–Trinajstić information content (AvgIpc) is 3.21. The molecule has 1 fully saturated rings. The topological polar surface area (TPSA) is 83.0 Å². The summed E-state index contributed by atoms with van der Waals surface area (Å²) in [5, 5.41) is 9.29. The standard InChI is InChI=1S/C27H34FN7O/c1-8-33-23(11-12-29)30-24-25(31-27(36)32(7)26(24)33)35-15-17(4)34(14-18(35)5)19(6)20-9-10-22(28)21(13-20)16(2)3/h9-10,13,17-19H,2,8,11,14-15H2,1,3-7H3/t17-,18+,19?/m1/s1. The molecule has 1 unspecified atom stereocenters. The minimum atomic E-state index is -0.343. The first-order valence-electron chi connectivity index (χ1n) is 12.4. The number of allylic oxidation sites excluding steroid dienone is 1. The summed E-state index contributed by atoms with van der Waals surface area (Å²) in [5.41, 5.74) is 3.28. The molecule has 9 heteroatoms. The van der Waals surface area contributed by atoms with Crippen molar-refractivity contribution in [2.24, 2.45) is 7.05 Å². The van der Waals surface area contributed by atoms with Crippen LogP contribution in [0.5, 0.6) is 0 Å². The van der Waals surface area contributed by atoms with E-state index in [0.717, 1.165) is 12.1 Å². The van der Waals surface area contributed by atoms with Gasteiger partial charge in [-0.3, -0.25) is 9.47 Å². The summed E-state index contributed by atoms with van der Waals surface area (Å²) >= 11 is 0. The Bertz CT molecular complexity index is 1420. The normalized spacial score (nSPS) is 19.4. The number of halogens is 1. The number of hydrogen-bond acceptors (Lipinski definition) is 6. The fourth-order valence-electron chi connectivity index (χ4n) is 5.34. The second-order valence-corrected chi connectivity index (χ2v) is 9.80. The number of nitrogens with zero attached hydrogens (tertiary/aromatic N) is 7. The number of nitriles is 1. The van der Waals surface area contributed by atoms with Crippen LogP contribution in [0.4, 0.5) is 10.2 Å². The molecule has 36 heavy (non-hydrogen) atoms. The SMILES string of the molecule is C=C(C)c1cc(C(C)N2C[C@H](C)N(c3nc(=O)n(C)c4c3nc(CC#N)n4CC)C[C@H]2C)ccc1F. The maximum Gasteiger partial charge on any atom is 0.350 e. The van der Waals surface area contributed by atoms with Crippen molar-refractivity contribution in [2.45, 2.75) is 65.7 Å². The Morgan fingerprint density at radius 1 is 1.28 bits per heavy atom. The van der Waals surface area contributed by atoms with Crippen LogP contribution in [-0.4, -0.2) is 49.2 Å². The molecule has 0 N–H and O–H groups in total. The van der Waals surface area contributed by atoms with E-state index in [2.05, 4.69) is 48.2 Å². The number of anilines is 1. The predicted molar refractivity (Wildman–Crippen MR) is 140 cm³/mol. The van der Waals surface area contributed by atoms with Crippen LogP contribution in [-0.2, 0) is 20.0 Å². The highest BCUT2D eigenvalue weighted by atomic mass is 19.1. The van der Waals surface area contributed by atoms with Crippen LogP contribution in [0.2, 0.25) is 0 Å². The second-order valence-electron chi connectivity index (χ2n) is 9.80. The summed E-state index contributed by atoms with van der Waals surface area (Å²) < 4.78 is 17.7. The molecule has 8 nitrogen and oxygen atoms in total. The van der Waals surface area contributed by atoms with Gasteiger partial charge in [-0.15, -0.1) is 0 Å². The molecule has 0 saturated carbocycles. The molecule has 0 amide bonds. The van der Waals surface area contributed by atoms with Gasteiger partial charge >= 0.3 is 5.69 Å². The Morgan fingerprint density at radius 2 is 2.00 bits per heavy atom. The first-order valence-corrected chi connectivity index (χ1v) is 12.4. The van der Waals surface area contributed by atoms with E-state index in [9.17, 15) is 14.4 Å². The molecule has 2 aromatic heterocycles. The summed E-state index contributed by atoms with van der Waals surface area (Å²) in [4.78, 5) is 26.6. The van der Waals surface area contributed by atoms with E-state index < -0.39 is 0 Å². The molecule has 0 radical (unpaired) electrons. The lowest BCUT2D eigenvalue weighted by atomic mass is 9.97. The van der Waals surface area contributed by atoms with E-state index in [1.807, 2.05) is 30.5 Å². The van der Waals surface area contributed by atoms with Crippen LogP contribution in [0, 0.1) is 17.1 Å². The number of benzene rings is 1. The van der Waals surface area contributed by atoms with Gasteiger partial charge in [-0.25, -0.2) is 14.2 Å².